The van der Waals surface area contributed by atoms with Crippen molar-refractivity contribution in [1.82, 2.24) is 9.80 Å². The number of likely N-dealkylation sites (tertiary alicyclic amines) is 2. The largest absolute Gasteiger partial charge is 0.492 e. The third-order valence-electron chi connectivity index (χ3n) is 6.48. The Morgan fingerprint density at radius 1 is 0.594 bits per heavy atom. The fraction of sp³-hybridized carbons (Fsp3) is 0.519. The van der Waals surface area contributed by atoms with Gasteiger partial charge in [-0.3, -0.25) is 14.6 Å². The molecule has 2 aromatic rings. The van der Waals surface area contributed by atoms with Crippen LogP contribution in [0.2, 0.25) is 0 Å². The van der Waals surface area contributed by atoms with Crippen molar-refractivity contribution in [1.29, 1.82) is 0 Å². The first-order chi connectivity index (χ1) is 15.8. The van der Waals surface area contributed by atoms with Gasteiger partial charge in [-0.15, -0.1) is 0 Å². The van der Waals surface area contributed by atoms with Crippen LogP contribution in [0.25, 0.3) is 0 Å². The molecule has 2 saturated heterocycles. The van der Waals surface area contributed by atoms with Gasteiger partial charge in [0.2, 0.25) is 0 Å². The Kier molecular flexibility index (Phi) is 8.57. The summed E-state index contributed by atoms with van der Waals surface area (Å²) in [4.78, 5) is 17.7. The zero-order valence-corrected chi connectivity index (χ0v) is 19.1. The van der Waals surface area contributed by atoms with Gasteiger partial charge >= 0.3 is 0 Å². The Labute approximate surface area is 192 Å². The number of rotatable bonds is 10. The summed E-state index contributed by atoms with van der Waals surface area (Å²) in [7, 11) is 0. The summed E-state index contributed by atoms with van der Waals surface area (Å²) in [5, 5.41) is 0. The van der Waals surface area contributed by atoms with Crippen LogP contribution in [0.3, 0.4) is 0 Å². The third kappa shape index (κ3) is 6.81. The molecule has 0 unspecified atom stereocenters. The van der Waals surface area contributed by atoms with Crippen molar-refractivity contribution in [3.05, 3.63) is 59.7 Å². The predicted molar refractivity (Wildman–Crippen MR) is 128 cm³/mol. The predicted octanol–water partition coefficient (Wildman–Crippen LogP) is 4.65. The van der Waals surface area contributed by atoms with Gasteiger partial charge in [0.25, 0.3) is 0 Å². The Bertz CT molecular complexity index is 753. The molecule has 0 aromatic heterocycles. The number of hydrogen-bond donors (Lipinski definition) is 0. The molecule has 0 N–H and O–H groups in total. The zero-order chi connectivity index (χ0) is 22.0. The summed E-state index contributed by atoms with van der Waals surface area (Å²) in [6, 6.07) is 15.0. The van der Waals surface area contributed by atoms with Crippen LogP contribution in [0.1, 0.15) is 54.4 Å². The van der Waals surface area contributed by atoms with Crippen molar-refractivity contribution in [3.8, 4) is 11.5 Å². The number of piperidine rings is 2. The summed E-state index contributed by atoms with van der Waals surface area (Å²) < 4.78 is 11.7. The van der Waals surface area contributed by atoms with Gasteiger partial charge in [-0.1, -0.05) is 12.8 Å². The summed E-state index contributed by atoms with van der Waals surface area (Å²) in [6.45, 7) is 8.02. The number of ketones is 1. The molecule has 0 aliphatic carbocycles. The van der Waals surface area contributed by atoms with Gasteiger partial charge in [-0.05, 0) is 100 Å². The van der Waals surface area contributed by atoms with E-state index in [1.807, 2.05) is 48.5 Å². The smallest absolute Gasteiger partial charge is 0.193 e. The van der Waals surface area contributed by atoms with Crippen molar-refractivity contribution in [2.75, 3.05) is 52.5 Å². The highest BCUT2D eigenvalue weighted by molar-refractivity contribution is 6.09. The van der Waals surface area contributed by atoms with Crippen molar-refractivity contribution >= 4 is 5.78 Å². The van der Waals surface area contributed by atoms with Crippen LogP contribution >= 0.6 is 0 Å². The van der Waals surface area contributed by atoms with Crippen molar-refractivity contribution in [2.45, 2.75) is 38.5 Å². The molecule has 2 aliphatic heterocycles. The molecule has 2 heterocycles. The van der Waals surface area contributed by atoms with E-state index in [9.17, 15) is 4.79 Å². The molecule has 0 spiro atoms. The Morgan fingerprint density at radius 3 is 1.34 bits per heavy atom. The van der Waals surface area contributed by atoms with E-state index in [1.54, 1.807) is 0 Å². The number of nitrogens with zero attached hydrogens (tertiary/aromatic N) is 2. The van der Waals surface area contributed by atoms with E-state index in [4.69, 9.17) is 9.47 Å². The molecular weight excluding hydrogens is 400 g/mol. The number of ether oxygens (including phenoxy) is 2. The Hall–Kier alpha value is -2.37. The zero-order valence-electron chi connectivity index (χ0n) is 19.1. The van der Waals surface area contributed by atoms with Crippen LogP contribution in [0.15, 0.2) is 48.5 Å². The second kappa shape index (κ2) is 12.0. The quantitative estimate of drug-likeness (QED) is 0.507. The lowest BCUT2D eigenvalue weighted by molar-refractivity contribution is 0.103. The maximum Gasteiger partial charge on any atom is 0.193 e. The van der Waals surface area contributed by atoms with E-state index >= 15 is 0 Å². The maximum absolute atomic E-state index is 12.8. The third-order valence-corrected chi connectivity index (χ3v) is 6.48. The molecule has 4 rings (SSSR count). The first-order valence-electron chi connectivity index (χ1n) is 12.2. The van der Waals surface area contributed by atoms with E-state index in [0.29, 0.717) is 24.3 Å². The van der Waals surface area contributed by atoms with Crippen molar-refractivity contribution in [2.24, 2.45) is 0 Å². The number of benzene rings is 2. The average molecular weight is 437 g/mol. The van der Waals surface area contributed by atoms with Gasteiger partial charge < -0.3 is 9.47 Å². The lowest BCUT2D eigenvalue weighted by Crippen LogP contribution is -2.33. The highest BCUT2D eigenvalue weighted by atomic mass is 16.5. The number of carbonyl (C=O) groups is 1. The average Bonchev–Trinajstić information content (AvgIpc) is 2.86. The fourth-order valence-electron chi connectivity index (χ4n) is 4.52. The number of hydrogen-bond acceptors (Lipinski definition) is 5. The molecule has 0 bridgehead atoms. The Balaban J connectivity index is 1.21. The molecule has 0 amide bonds. The molecule has 0 saturated carbocycles. The normalized spacial score (nSPS) is 17.8. The van der Waals surface area contributed by atoms with Crippen molar-refractivity contribution < 1.29 is 14.3 Å². The van der Waals surface area contributed by atoms with Crippen LogP contribution in [0.4, 0.5) is 0 Å². The molecule has 2 fully saturated rings. The highest BCUT2D eigenvalue weighted by Gasteiger charge is 2.12. The van der Waals surface area contributed by atoms with Gasteiger partial charge in [0, 0.05) is 24.2 Å². The number of carbonyl (C=O) groups excluding carboxylic acids is 1. The standard InChI is InChI=1S/C27H36N2O3/c30-27(23-7-11-25(12-8-23)31-21-19-28-15-3-1-4-16-28)24-9-13-26(14-10-24)32-22-20-29-17-5-2-6-18-29/h7-14H,1-6,15-22H2. The second-order valence-electron chi connectivity index (χ2n) is 8.88. The minimum Gasteiger partial charge on any atom is -0.492 e. The van der Waals surface area contributed by atoms with Gasteiger partial charge in [0.1, 0.15) is 24.7 Å². The van der Waals surface area contributed by atoms with E-state index in [0.717, 1.165) is 24.6 Å². The maximum atomic E-state index is 12.8. The van der Waals surface area contributed by atoms with Crippen LogP contribution in [0.5, 0.6) is 11.5 Å². The minimum atomic E-state index is 0.0183. The molecule has 2 aromatic carbocycles. The molecule has 32 heavy (non-hydrogen) atoms. The summed E-state index contributed by atoms with van der Waals surface area (Å²) in [6.07, 6.45) is 7.87. The monoisotopic (exact) mass is 436 g/mol. The van der Waals surface area contributed by atoms with E-state index < -0.39 is 0 Å². The van der Waals surface area contributed by atoms with Crippen molar-refractivity contribution in [3.63, 3.8) is 0 Å². The van der Waals surface area contributed by atoms with Crippen LogP contribution in [-0.4, -0.2) is 68.1 Å². The highest BCUT2D eigenvalue weighted by Crippen LogP contribution is 2.19. The molecule has 2 aliphatic rings. The summed E-state index contributed by atoms with van der Waals surface area (Å²) >= 11 is 0. The lowest BCUT2D eigenvalue weighted by atomic mass is 10.0. The van der Waals surface area contributed by atoms with Crippen LogP contribution < -0.4 is 9.47 Å². The topological polar surface area (TPSA) is 42.0 Å². The van der Waals surface area contributed by atoms with E-state index in [2.05, 4.69) is 9.80 Å². The Morgan fingerprint density at radius 2 is 0.969 bits per heavy atom. The molecule has 5 heteroatoms. The summed E-state index contributed by atoms with van der Waals surface area (Å²) in [5.41, 5.74) is 1.35. The van der Waals surface area contributed by atoms with E-state index in [1.165, 1.54) is 64.7 Å². The second-order valence-corrected chi connectivity index (χ2v) is 8.88. The van der Waals surface area contributed by atoms with Gasteiger partial charge in [-0.25, -0.2) is 0 Å². The molecular formula is C27H36N2O3. The van der Waals surface area contributed by atoms with Gasteiger partial charge in [-0.2, -0.15) is 0 Å². The van der Waals surface area contributed by atoms with E-state index in [-0.39, 0.29) is 5.78 Å². The molecule has 172 valence electrons. The lowest BCUT2D eigenvalue weighted by Gasteiger charge is -2.26. The molecule has 0 radical (unpaired) electrons. The summed E-state index contributed by atoms with van der Waals surface area (Å²) in [5.74, 6) is 1.65. The van der Waals surface area contributed by atoms with Gasteiger partial charge in [0.15, 0.2) is 5.78 Å². The van der Waals surface area contributed by atoms with Crippen LogP contribution in [-0.2, 0) is 0 Å². The minimum absolute atomic E-state index is 0.0183. The fourth-order valence-corrected chi connectivity index (χ4v) is 4.52. The molecule has 0 atom stereocenters. The first-order valence-corrected chi connectivity index (χ1v) is 12.2. The molecule has 5 nitrogen and oxygen atoms in total. The van der Waals surface area contributed by atoms with Gasteiger partial charge in [0.05, 0.1) is 0 Å². The van der Waals surface area contributed by atoms with Crippen LogP contribution in [0, 0.1) is 0 Å². The first kappa shape index (κ1) is 22.8. The SMILES string of the molecule is O=C(c1ccc(OCCN2CCCCC2)cc1)c1ccc(OCCN2CCCCC2)cc1.